The van der Waals surface area contributed by atoms with E-state index in [9.17, 15) is 0 Å². The van der Waals surface area contributed by atoms with Crippen molar-refractivity contribution >= 4 is 17.4 Å². The average molecular weight is 244 g/mol. The molecule has 0 saturated heterocycles. The first-order valence-electron chi connectivity index (χ1n) is 5.51. The number of aromatic nitrogens is 2. The van der Waals surface area contributed by atoms with Gasteiger partial charge in [0.25, 0.3) is 0 Å². The van der Waals surface area contributed by atoms with Gasteiger partial charge in [-0.15, -0.1) is 0 Å². The summed E-state index contributed by atoms with van der Waals surface area (Å²) in [5.74, 6) is 1.28. The molecule has 0 unspecified atom stereocenters. The molecular formula is C11H18ClN3O. The van der Waals surface area contributed by atoms with Gasteiger partial charge in [-0.3, -0.25) is 0 Å². The molecule has 1 aromatic rings. The lowest BCUT2D eigenvalue weighted by Crippen LogP contribution is -2.14. The van der Waals surface area contributed by atoms with Gasteiger partial charge in [0.15, 0.2) is 5.82 Å². The number of hydrogen-bond donors (Lipinski definition) is 1. The number of nitrogens with zero attached hydrogens (tertiary/aromatic N) is 2. The largest absolute Gasteiger partial charge is 0.467 e. The van der Waals surface area contributed by atoms with E-state index in [4.69, 9.17) is 16.3 Å². The molecule has 0 fully saturated rings. The molecule has 0 aliphatic rings. The summed E-state index contributed by atoms with van der Waals surface area (Å²) in [7, 11) is 1.54. The average Bonchev–Trinajstić information content (AvgIpc) is 2.32. The number of halogens is 1. The van der Waals surface area contributed by atoms with Crippen LogP contribution in [-0.2, 0) is 0 Å². The van der Waals surface area contributed by atoms with Crippen LogP contribution < -0.4 is 10.1 Å². The Hall–Kier alpha value is -1.03. The van der Waals surface area contributed by atoms with Crippen LogP contribution in [0.1, 0.15) is 26.7 Å². The minimum Gasteiger partial charge on any atom is -0.467 e. The van der Waals surface area contributed by atoms with Crippen molar-refractivity contribution in [3.05, 3.63) is 11.2 Å². The highest BCUT2D eigenvalue weighted by Gasteiger charge is 2.08. The van der Waals surface area contributed by atoms with Crippen LogP contribution >= 0.6 is 11.6 Å². The van der Waals surface area contributed by atoms with Crippen LogP contribution in [0.25, 0.3) is 0 Å². The molecule has 5 heteroatoms. The van der Waals surface area contributed by atoms with Gasteiger partial charge in [0.2, 0.25) is 0 Å². The standard InChI is InChI=1S/C11H18ClN3O/c1-4-8(5-2)6-13-10-9(12)7-14-11(15-10)16-3/h7-8H,4-6H2,1-3H3,(H,13,14,15). The first kappa shape index (κ1) is 13.0. The van der Waals surface area contributed by atoms with Gasteiger partial charge in [-0.25, -0.2) is 4.98 Å². The Bertz CT molecular complexity index is 329. The second-order valence-electron chi connectivity index (χ2n) is 3.62. The fraction of sp³-hybridized carbons (Fsp3) is 0.636. The summed E-state index contributed by atoms with van der Waals surface area (Å²) in [5.41, 5.74) is 0. The van der Waals surface area contributed by atoms with E-state index in [1.165, 1.54) is 7.11 Å². The smallest absolute Gasteiger partial charge is 0.318 e. The molecule has 0 amide bonds. The topological polar surface area (TPSA) is 47.0 Å². The Morgan fingerprint density at radius 2 is 2.12 bits per heavy atom. The van der Waals surface area contributed by atoms with Crippen LogP contribution in [0.15, 0.2) is 6.20 Å². The molecular weight excluding hydrogens is 226 g/mol. The zero-order valence-electron chi connectivity index (χ0n) is 9.96. The lowest BCUT2D eigenvalue weighted by Gasteiger charge is -2.14. The van der Waals surface area contributed by atoms with E-state index in [-0.39, 0.29) is 0 Å². The summed E-state index contributed by atoms with van der Waals surface area (Å²) < 4.78 is 4.95. The number of rotatable bonds is 6. The van der Waals surface area contributed by atoms with Crippen LogP contribution in [0.4, 0.5) is 5.82 Å². The van der Waals surface area contributed by atoms with Crippen LogP contribution in [0, 0.1) is 5.92 Å². The Morgan fingerprint density at radius 3 is 2.69 bits per heavy atom. The van der Waals surface area contributed by atoms with Gasteiger partial charge >= 0.3 is 6.01 Å². The summed E-state index contributed by atoms with van der Waals surface area (Å²) in [4.78, 5) is 8.07. The first-order valence-corrected chi connectivity index (χ1v) is 5.89. The van der Waals surface area contributed by atoms with Gasteiger partial charge in [-0.1, -0.05) is 38.3 Å². The Kier molecular flexibility index (Phi) is 5.32. The van der Waals surface area contributed by atoms with Gasteiger partial charge in [0, 0.05) is 6.54 Å². The van der Waals surface area contributed by atoms with Gasteiger partial charge < -0.3 is 10.1 Å². The van der Waals surface area contributed by atoms with Crippen molar-refractivity contribution in [1.82, 2.24) is 9.97 Å². The molecule has 1 heterocycles. The van der Waals surface area contributed by atoms with Crippen molar-refractivity contribution < 1.29 is 4.74 Å². The minimum absolute atomic E-state index is 0.330. The quantitative estimate of drug-likeness (QED) is 0.835. The molecule has 1 aromatic heterocycles. The van der Waals surface area contributed by atoms with E-state index >= 15 is 0 Å². The lowest BCUT2D eigenvalue weighted by atomic mass is 10.0. The summed E-state index contributed by atoms with van der Waals surface area (Å²) in [6.07, 6.45) is 3.83. The van der Waals surface area contributed by atoms with Crippen molar-refractivity contribution in [3.63, 3.8) is 0 Å². The van der Waals surface area contributed by atoms with Crippen molar-refractivity contribution in [1.29, 1.82) is 0 Å². The second kappa shape index (κ2) is 6.53. The summed E-state index contributed by atoms with van der Waals surface area (Å²) in [6.45, 7) is 5.23. The fourth-order valence-corrected chi connectivity index (χ4v) is 1.55. The molecule has 4 nitrogen and oxygen atoms in total. The van der Waals surface area contributed by atoms with Crippen LogP contribution in [0.5, 0.6) is 6.01 Å². The fourth-order valence-electron chi connectivity index (χ4n) is 1.39. The van der Waals surface area contributed by atoms with Crippen LogP contribution in [-0.4, -0.2) is 23.6 Å². The van der Waals surface area contributed by atoms with Gasteiger partial charge in [0.1, 0.15) is 5.02 Å². The van der Waals surface area contributed by atoms with Gasteiger partial charge in [0.05, 0.1) is 13.3 Å². The molecule has 0 bridgehead atoms. The van der Waals surface area contributed by atoms with Crippen molar-refractivity contribution in [3.8, 4) is 6.01 Å². The highest BCUT2D eigenvalue weighted by Crippen LogP contribution is 2.21. The number of methoxy groups -OCH3 is 1. The molecule has 0 radical (unpaired) electrons. The molecule has 0 aliphatic heterocycles. The van der Waals surface area contributed by atoms with Gasteiger partial charge in [-0.2, -0.15) is 4.98 Å². The monoisotopic (exact) mass is 243 g/mol. The molecule has 16 heavy (non-hydrogen) atoms. The Morgan fingerprint density at radius 1 is 1.44 bits per heavy atom. The van der Waals surface area contributed by atoms with Crippen LogP contribution in [0.3, 0.4) is 0 Å². The van der Waals surface area contributed by atoms with Crippen molar-refractivity contribution in [2.24, 2.45) is 5.92 Å². The number of hydrogen-bond acceptors (Lipinski definition) is 4. The third kappa shape index (κ3) is 3.52. The maximum Gasteiger partial charge on any atom is 0.318 e. The van der Waals surface area contributed by atoms with Crippen LogP contribution in [0.2, 0.25) is 5.02 Å². The highest BCUT2D eigenvalue weighted by atomic mass is 35.5. The third-order valence-electron chi connectivity index (χ3n) is 2.62. The summed E-state index contributed by atoms with van der Waals surface area (Å²) in [5, 5.41) is 3.75. The summed E-state index contributed by atoms with van der Waals surface area (Å²) in [6, 6.07) is 0.330. The third-order valence-corrected chi connectivity index (χ3v) is 2.89. The molecule has 0 spiro atoms. The van der Waals surface area contributed by atoms with E-state index in [2.05, 4.69) is 29.1 Å². The summed E-state index contributed by atoms with van der Waals surface area (Å²) >= 11 is 5.98. The van der Waals surface area contributed by atoms with E-state index in [0.29, 0.717) is 22.8 Å². The van der Waals surface area contributed by atoms with E-state index in [1.807, 2.05) is 0 Å². The normalized spacial score (nSPS) is 10.6. The molecule has 90 valence electrons. The van der Waals surface area contributed by atoms with Crippen molar-refractivity contribution in [2.75, 3.05) is 19.0 Å². The Labute approximate surface area is 101 Å². The maximum atomic E-state index is 5.98. The zero-order chi connectivity index (χ0) is 12.0. The molecule has 0 aliphatic carbocycles. The van der Waals surface area contributed by atoms with E-state index < -0.39 is 0 Å². The molecule has 1 N–H and O–H groups in total. The maximum absolute atomic E-state index is 5.98. The molecule has 1 rings (SSSR count). The number of ether oxygens (including phenoxy) is 1. The van der Waals surface area contributed by atoms with Gasteiger partial charge in [-0.05, 0) is 5.92 Å². The molecule has 0 atom stereocenters. The zero-order valence-corrected chi connectivity index (χ0v) is 10.7. The van der Waals surface area contributed by atoms with E-state index in [0.717, 1.165) is 19.4 Å². The molecule has 0 aromatic carbocycles. The number of anilines is 1. The predicted octanol–water partition coefficient (Wildman–Crippen LogP) is 2.99. The SMILES string of the molecule is CCC(CC)CNc1nc(OC)ncc1Cl. The number of nitrogens with one attached hydrogen (secondary N) is 1. The first-order chi connectivity index (χ1) is 7.71. The lowest BCUT2D eigenvalue weighted by molar-refractivity contribution is 0.380. The predicted molar refractivity (Wildman–Crippen MR) is 66.2 cm³/mol. The minimum atomic E-state index is 0.330. The van der Waals surface area contributed by atoms with E-state index in [1.54, 1.807) is 6.20 Å². The Balaban J connectivity index is 2.65. The van der Waals surface area contributed by atoms with Crippen molar-refractivity contribution in [2.45, 2.75) is 26.7 Å². The molecule has 0 saturated carbocycles. The highest BCUT2D eigenvalue weighted by molar-refractivity contribution is 6.32. The second-order valence-corrected chi connectivity index (χ2v) is 4.02.